The van der Waals surface area contributed by atoms with Crippen molar-refractivity contribution < 1.29 is 4.79 Å². The van der Waals surface area contributed by atoms with Crippen molar-refractivity contribution in [3.63, 3.8) is 0 Å². The standard InChI is InChI=1S/C25H23ClN4O2/c1-16-9-10-19-12-20(24(31)29-23(19)17(16)2)15-30(14-18-6-5-11-27-13-18)25(32)28-22-8-4-3-7-21(22)26/h3-13H,14-15H2,1-2H3,(H,28,32)(H,29,31). The molecule has 0 aliphatic heterocycles. The molecule has 0 bridgehead atoms. The highest BCUT2D eigenvalue weighted by Crippen LogP contribution is 2.22. The molecule has 6 nitrogen and oxygen atoms in total. The first kappa shape index (κ1) is 21.6. The van der Waals surface area contributed by atoms with E-state index in [4.69, 9.17) is 11.6 Å². The number of rotatable bonds is 5. The van der Waals surface area contributed by atoms with Crippen molar-refractivity contribution in [3.8, 4) is 0 Å². The number of aryl methyl sites for hydroxylation is 2. The highest BCUT2D eigenvalue weighted by atomic mass is 35.5. The second kappa shape index (κ2) is 9.24. The van der Waals surface area contributed by atoms with E-state index in [0.717, 1.165) is 27.6 Å². The van der Waals surface area contributed by atoms with Crippen LogP contribution in [0, 0.1) is 13.8 Å². The zero-order valence-corrected chi connectivity index (χ0v) is 18.6. The molecular formula is C25H23ClN4O2. The van der Waals surface area contributed by atoms with E-state index in [-0.39, 0.29) is 24.7 Å². The number of aromatic nitrogens is 2. The lowest BCUT2D eigenvalue weighted by Crippen LogP contribution is -2.35. The van der Waals surface area contributed by atoms with Gasteiger partial charge < -0.3 is 15.2 Å². The Balaban J connectivity index is 1.68. The molecule has 162 valence electrons. The van der Waals surface area contributed by atoms with Gasteiger partial charge in [0.25, 0.3) is 5.56 Å². The van der Waals surface area contributed by atoms with Crippen molar-refractivity contribution in [3.05, 3.63) is 105 Å². The van der Waals surface area contributed by atoms with Crippen molar-refractivity contribution >= 4 is 34.2 Å². The minimum atomic E-state index is -0.360. The molecule has 2 heterocycles. The van der Waals surface area contributed by atoms with Gasteiger partial charge in [-0.1, -0.05) is 41.9 Å². The van der Waals surface area contributed by atoms with Crippen molar-refractivity contribution in [1.82, 2.24) is 14.9 Å². The summed E-state index contributed by atoms with van der Waals surface area (Å²) < 4.78 is 0. The van der Waals surface area contributed by atoms with Crippen molar-refractivity contribution in [1.29, 1.82) is 0 Å². The van der Waals surface area contributed by atoms with Gasteiger partial charge in [-0.25, -0.2) is 4.79 Å². The number of benzene rings is 2. The number of anilines is 1. The molecule has 0 radical (unpaired) electrons. The highest BCUT2D eigenvalue weighted by molar-refractivity contribution is 6.33. The van der Waals surface area contributed by atoms with Gasteiger partial charge in [0.1, 0.15) is 0 Å². The summed E-state index contributed by atoms with van der Waals surface area (Å²) in [6, 6.07) is 16.2. The number of pyridine rings is 2. The molecule has 0 saturated carbocycles. The number of amides is 2. The Hall–Kier alpha value is -3.64. The number of H-pyrrole nitrogens is 1. The highest BCUT2D eigenvalue weighted by Gasteiger charge is 2.18. The van der Waals surface area contributed by atoms with E-state index in [9.17, 15) is 9.59 Å². The SMILES string of the molecule is Cc1ccc2cc(CN(Cc3cccnc3)C(=O)Nc3ccccc3Cl)c(=O)[nH]c2c1C. The molecule has 0 spiro atoms. The fourth-order valence-corrected chi connectivity index (χ4v) is 3.74. The van der Waals surface area contributed by atoms with Crippen LogP contribution in [0.2, 0.25) is 5.02 Å². The van der Waals surface area contributed by atoms with Crippen LogP contribution < -0.4 is 10.9 Å². The predicted molar refractivity (Wildman–Crippen MR) is 128 cm³/mol. The molecule has 0 atom stereocenters. The Bertz CT molecular complexity index is 1340. The van der Waals surface area contributed by atoms with Crippen LogP contribution in [0.5, 0.6) is 0 Å². The first-order valence-electron chi connectivity index (χ1n) is 10.2. The van der Waals surface area contributed by atoms with Crippen LogP contribution in [0.1, 0.15) is 22.3 Å². The fourth-order valence-electron chi connectivity index (χ4n) is 3.56. The average Bonchev–Trinajstić information content (AvgIpc) is 2.79. The van der Waals surface area contributed by atoms with Crippen LogP contribution in [-0.2, 0) is 13.1 Å². The molecule has 0 saturated heterocycles. The summed E-state index contributed by atoms with van der Waals surface area (Å²) in [5.74, 6) is 0. The number of carbonyl (C=O) groups is 1. The summed E-state index contributed by atoms with van der Waals surface area (Å²) in [5.41, 5.74) is 4.61. The molecule has 4 aromatic rings. The Kier molecular flexibility index (Phi) is 6.23. The van der Waals surface area contributed by atoms with Gasteiger partial charge in [-0.05, 0) is 60.2 Å². The van der Waals surface area contributed by atoms with Gasteiger partial charge in [0.2, 0.25) is 0 Å². The lowest BCUT2D eigenvalue weighted by Gasteiger charge is -2.23. The van der Waals surface area contributed by atoms with E-state index in [2.05, 4.69) is 15.3 Å². The summed E-state index contributed by atoms with van der Waals surface area (Å²) in [4.78, 5) is 34.7. The second-order valence-electron chi connectivity index (χ2n) is 7.72. The summed E-state index contributed by atoms with van der Waals surface area (Å²) in [7, 11) is 0. The van der Waals surface area contributed by atoms with Crippen LogP contribution in [-0.4, -0.2) is 20.9 Å². The van der Waals surface area contributed by atoms with Crippen LogP contribution >= 0.6 is 11.6 Å². The van der Waals surface area contributed by atoms with Crippen molar-refractivity contribution in [2.45, 2.75) is 26.9 Å². The molecule has 0 fully saturated rings. The van der Waals surface area contributed by atoms with Gasteiger partial charge >= 0.3 is 6.03 Å². The van der Waals surface area contributed by atoms with E-state index in [1.807, 2.05) is 44.2 Å². The zero-order valence-electron chi connectivity index (χ0n) is 17.9. The Morgan fingerprint density at radius 3 is 2.66 bits per heavy atom. The van der Waals surface area contributed by atoms with Gasteiger partial charge in [-0.15, -0.1) is 0 Å². The number of halogens is 1. The number of nitrogens with zero attached hydrogens (tertiary/aromatic N) is 2. The van der Waals surface area contributed by atoms with Gasteiger partial charge in [-0.2, -0.15) is 0 Å². The molecule has 2 aromatic carbocycles. The maximum absolute atomic E-state index is 13.2. The third-order valence-electron chi connectivity index (χ3n) is 5.49. The third kappa shape index (κ3) is 4.65. The molecule has 0 aliphatic carbocycles. The topological polar surface area (TPSA) is 78.1 Å². The minimum Gasteiger partial charge on any atom is -0.321 e. The number of nitrogens with one attached hydrogen (secondary N) is 2. The molecular weight excluding hydrogens is 424 g/mol. The van der Waals surface area contributed by atoms with E-state index in [0.29, 0.717) is 16.3 Å². The fraction of sp³-hybridized carbons (Fsp3) is 0.160. The number of hydrogen-bond acceptors (Lipinski definition) is 3. The number of fused-ring (bicyclic) bond motifs is 1. The number of hydrogen-bond donors (Lipinski definition) is 2. The Morgan fingerprint density at radius 1 is 1.09 bits per heavy atom. The third-order valence-corrected chi connectivity index (χ3v) is 5.82. The molecule has 0 unspecified atom stereocenters. The normalized spacial score (nSPS) is 10.8. The van der Waals surface area contributed by atoms with Gasteiger partial charge in [0.05, 0.1) is 22.8 Å². The maximum Gasteiger partial charge on any atom is 0.322 e. The minimum absolute atomic E-state index is 0.128. The summed E-state index contributed by atoms with van der Waals surface area (Å²) in [6.07, 6.45) is 3.38. The molecule has 2 aromatic heterocycles. The zero-order chi connectivity index (χ0) is 22.7. The number of para-hydroxylation sites is 1. The molecule has 2 N–H and O–H groups in total. The lowest BCUT2D eigenvalue weighted by molar-refractivity contribution is 0.206. The molecule has 4 rings (SSSR count). The Morgan fingerprint density at radius 2 is 1.91 bits per heavy atom. The summed E-state index contributed by atoms with van der Waals surface area (Å²) in [6.45, 7) is 4.41. The lowest BCUT2D eigenvalue weighted by atomic mass is 10.0. The van der Waals surface area contributed by atoms with Crippen LogP contribution in [0.15, 0.2) is 71.8 Å². The first-order chi connectivity index (χ1) is 15.4. The molecule has 2 amide bonds. The first-order valence-corrected chi connectivity index (χ1v) is 10.6. The number of aromatic amines is 1. The summed E-state index contributed by atoms with van der Waals surface area (Å²) in [5, 5.41) is 4.21. The maximum atomic E-state index is 13.2. The molecule has 7 heteroatoms. The van der Waals surface area contributed by atoms with E-state index >= 15 is 0 Å². The van der Waals surface area contributed by atoms with E-state index in [1.165, 1.54) is 0 Å². The number of carbonyl (C=O) groups excluding carboxylic acids is 1. The van der Waals surface area contributed by atoms with Crippen LogP contribution in [0.3, 0.4) is 0 Å². The monoisotopic (exact) mass is 446 g/mol. The van der Waals surface area contributed by atoms with E-state index < -0.39 is 0 Å². The van der Waals surface area contributed by atoms with Gasteiger partial charge in [0.15, 0.2) is 0 Å². The van der Waals surface area contributed by atoms with Crippen LogP contribution in [0.4, 0.5) is 10.5 Å². The summed E-state index contributed by atoms with van der Waals surface area (Å²) >= 11 is 6.21. The molecule has 32 heavy (non-hydrogen) atoms. The smallest absolute Gasteiger partial charge is 0.321 e. The Labute approximate surface area is 190 Å². The van der Waals surface area contributed by atoms with Gasteiger partial charge in [0, 0.05) is 24.5 Å². The number of urea groups is 1. The second-order valence-corrected chi connectivity index (χ2v) is 8.13. The molecule has 0 aliphatic rings. The quantitative estimate of drug-likeness (QED) is 0.429. The van der Waals surface area contributed by atoms with Gasteiger partial charge in [-0.3, -0.25) is 9.78 Å². The predicted octanol–water partition coefficient (Wildman–Crippen LogP) is 5.43. The van der Waals surface area contributed by atoms with Crippen molar-refractivity contribution in [2.24, 2.45) is 0 Å². The van der Waals surface area contributed by atoms with Crippen LogP contribution in [0.25, 0.3) is 10.9 Å². The van der Waals surface area contributed by atoms with Crippen molar-refractivity contribution in [2.75, 3.05) is 5.32 Å². The average molecular weight is 447 g/mol. The largest absolute Gasteiger partial charge is 0.322 e. The van der Waals surface area contributed by atoms with E-state index in [1.54, 1.807) is 41.6 Å².